The van der Waals surface area contributed by atoms with Gasteiger partial charge in [-0.25, -0.2) is 9.78 Å². The maximum atomic E-state index is 13.2. The van der Waals surface area contributed by atoms with Gasteiger partial charge >= 0.3 is 6.03 Å². The fourth-order valence-corrected chi connectivity index (χ4v) is 3.87. The van der Waals surface area contributed by atoms with Crippen LogP contribution in [0.5, 0.6) is 11.5 Å². The third kappa shape index (κ3) is 2.77. The van der Waals surface area contributed by atoms with Gasteiger partial charge in [0.15, 0.2) is 11.5 Å². The number of ether oxygens (including phenoxy) is 2. The molecule has 1 atom stereocenters. The Labute approximate surface area is 171 Å². The number of para-hydroxylation sites is 1. The lowest BCUT2D eigenvalue weighted by atomic mass is 9.91. The van der Waals surface area contributed by atoms with Crippen LogP contribution >= 0.6 is 11.6 Å². The van der Waals surface area contributed by atoms with Crippen molar-refractivity contribution >= 4 is 34.4 Å². The second kappa shape index (κ2) is 6.35. The van der Waals surface area contributed by atoms with Crippen LogP contribution in [0, 0.1) is 0 Å². The van der Waals surface area contributed by atoms with Crippen molar-refractivity contribution in [2.45, 2.75) is 19.0 Å². The molecular weight excluding hydrogens is 394 g/mol. The third-order valence-electron chi connectivity index (χ3n) is 5.30. The summed E-state index contributed by atoms with van der Waals surface area (Å²) in [6.07, 6.45) is 0. The molecule has 3 amide bonds. The van der Waals surface area contributed by atoms with E-state index in [4.69, 9.17) is 21.1 Å². The Bertz CT molecular complexity index is 1180. The molecule has 2 aliphatic rings. The number of fused-ring (bicyclic) bond motifs is 2. The molecular formula is C21H16ClN3O4. The van der Waals surface area contributed by atoms with Crippen LogP contribution in [-0.4, -0.2) is 28.6 Å². The molecule has 8 heteroatoms. The molecule has 0 bridgehead atoms. The highest BCUT2D eigenvalue weighted by atomic mass is 35.5. The second-order valence-electron chi connectivity index (χ2n) is 7.15. The lowest BCUT2D eigenvalue weighted by Gasteiger charge is -2.22. The van der Waals surface area contributed by atoms with E-state index < -0.39 is 11.6 Å². The van der Waals surface area contributed by atoms with Crippen molar-refractivity contribution in [1.82, 2.24) is 15.2 Å². The number of carbonyl (C=O) groups is 2. The summed E-state index contributed by atoms with van der Waals surface area (Å²) >= 11 is 6.32. The summed E-state index contributed by atoms with van der Waals surface area (Å²) < 4.78 is 10.7. The lowest BCUT2D eigenvalue weighted by Crippen LogP contribution is -2.40. The van der Waals surface area contributed by atoms with Gasteiger partial charge in [0.2, 0.25) is 6.79 Å². The molecule has 146 valence electrons. The molecule has 1 aromatic heterocycles. The molecule has 1 fully saturated rings. The first-order chi connectivity index (χ1) is 14.0. The van der Waals surface area contributed by atoms with E-state index in [-0.39, 0.29) is 24.4 Å². The van der Waals surface area contributed by atoms with Crippen molar-refractivity contribution in [3.8, 4) is 11.5 Å². The third-order valence-corrected chi connectivity index (χ3v) is 5.63. The number of benzene rings is 2. The number of nitrogens with one attached hydrogen (secondary N) is 1. The Morgan fingerprint density at radius 1 is 1.14 bits per heavy atom. The first kappa shape index (κ1) is 17.8. The minimum Gasteiger partial charge on any atom is -0.454 e. The molecule has 1 N–H and O–H groups in total. The van der Waals surface area contributed by atoms with E-state index in [1.54, 1.807) is 25.1 Å². The number of rotatable bonds is 3. The molecule has 2 aliphatic heterocycles. The number of imide groups is 1. The van der Waals surface area contributed by atoms with Crippen LogP contribution in [0.2, 0.25) is 5.15 Å². The predicted molar refractivity (Wildman–Crippen MR) is 106 cm³/mol. The van der Waals surface area contributed by atoms with Crippen LogP contribution in [0.4, 0.5) is 4.79 Å². The number of urea groups is 1. The second-order valence-corrected chi connectivity index (χ2v) is 7.50. The molecule has 0 unspecified atom stereocenters. The van der Waals surface area contributed by atoms with Crippen molar-refractivity contribution in [1.29, 1.82) is 0 Å². The van der Waals surface area contributed by atoms with Crippen molar-refractivity contribution in [3.05, 3.63) is 64.8 Å². The fourth-order valence-electron chi connectivity index (χ4n) is 3.66. The zero-order valence-electron chi connectivity index (χ0n) is 15.4. The largest absolute Gasteiger partial charge is 0.454 e. The van der Waals surface area contributed by atoms with Crippen LogP contribution in [0.3, 0.4) is 0 Å². The van der Waals surface area contributed by atoms with E-state index in [0.717, 1.165) is 15.8 Å². The summed E-state index contributed by atoms with van der Waals surface area (Å²) in [6, 6.07) is 14.1. The molecule has 5 rings (SSSR count). The van der Waals surface area contributed by atoms with Gasteiger partial charge in [-0.2, -0.15) is 0 Å². The SMILES string of the molecule is C[C@@]1(c2ccc3c(c2)OCO3)NC(=O)N(Cc2cc3ccccc3nc2Cl)C1=O. The molecule has 2 aromatic carbocycles. The number of hydrogen-bond donors (Lipinski definition) is 1. The zero-order chi connectivity index (χ0) is 20.2. The van der Waals surface area contributed by atoms with E-state index in [1.807, 2.05) is 30.3 Å². The Morgan fingerprint density at radius 2 is 1.93 bits per heavy atom. The summed E-state index contributed by atoms with van der Waals surface area (Å²) in [7, 11) is 0. The van der Waals surface area contributed by atoms with Crippen molar-refractivity contribution < 1.29 is 19.1 Å². The molecule has 3 heterocycles. The van der Waals surface area contributed by atoms with Crippen molar-refractivity contribution in [2.75, 3.05) is 6.79 Å². The minimum absolute atomic E-state index is 0.0292. The van der Waals surface area contributed by atoms with E-state index in [1.165, 1.54) is 0 Å². The summed E-state index contributed by atoms with van der Waals surface area (Å²) in [5, 5.41) is 3.94. The number of carbonyl (C=O) groups excluding carboxylic acids is 2. The monoisotopic (exact) mass is 409 g/mol. The lowest BCUT2D eigenvalue weighted by molar-refractivity contribution is -0.131. The number of hydrogen-bond acceptors (Lipinski definition) is 5. The topological polar surface area (TPSA) is 80.8 Å². The van der Waals surface area contributed by atoms with E-state index in [2.05, 4.69) is 10.3 Å². The summed E-state index contributed by atoms with van der Waals surface area (Å²) in [5.74, 6) is 0.789. The maximum absolute atomic E-state index is 13.2. The standard InChI is InChI=1S/C21H16ClN3O4/c1-21(14-6-7-16-17(9-14)29-11-28-16)19(26)25(20(27)24-21)10-13-8-12-4-2-3-5-15(12)23-18(13)22/h2-9H,10-11H2,1H3,(H,24,27)/t21-/m0/s1. The molecule has 3 aromatic rings. The normalized spacial score (nSPS) is 20.4. The van der Waals surface area contributed by atoms with Crippen LogP contribution in [0.25, 0.3) is 10.9 Å². The first-order valence-corrected chi connectivity index (χ1v) is 9.42. The maximum Gasteiger partial charge on any atom is 0.325 e. The minimum atomic E-state index is -1.21. The van der Waals surface area contributed by atoms with E-state index in [9.17, 15) is 9.59 Å². The summed E-state index contributed by atoms with van der Waals surface area (Å²) in [5.41, 5.74) is 0.757. The van der Waals surface area contributed by atoms with E-state index >= 15 is 0 Å². The van der Waals surface area contributed by atoms with Gasteiger partial charge in [-0.1, -0.05) is 35.9 Å². The van der Waals surface area contributed by atoms with Crippen LogP contribution < -0.4 is 14.8 Å². The number of pyridine rings is 1. The van der Waals surface area contributed by atoms with Gasteiger partial charge in [0, 0.05) is 10.9 Å². The molecule has 7 nitrogen and oxygen atoms in total. The molecule has 0 radical (unpaired) electrons. The average Bonchev–Trinajstić information content (AvgIpc) is 3.26. The van der Waals surface area contributed by atoms with Gasteiger partial charge in [0.05, 0.1) is 12.1 Å². The molecule has 0 aliphatic carbocycles. The van der Waals surface area contributed by atoms with Gasteiger partial charge in [-0.3, -0.25) is 9.69 Å². The van der Waals surface area contributed by atoms with Crippen LogP contribution in [0.15, 0.2) is 48.5 Å². The number of halogens is 1. The molecule has 0 saturated carbocycles. The van der Waals surface area contributed by atoms with Gasteiger partial charge in [-0.15, -0.1) is 0 Å². The van der Waals surface area contributed by atoms with Gasteiger partial charge < -0.3 is 14.8 Å². The highest BCUT2D eigenvalue weighted by Crippen LogP contribution is 2.38. The molecule has 29 heavy (non-hydrogen) atoms. The Kier molecular flexibility index (Phi) is 3.89. The quantitative estimate of drug-likeness (QED) is 0.528. The Balaban J connectivity index is 1.47. The van der Waals surface area contributed by atoms with Crippen LogP contribution in [-0.2, 0) is 16.9 Å². The smallest absolute Gasteiger partial charge is 0.325 e. The van der Waals surface area contributed by atoms with Crippen LogP contribution in [0.1, 0.15) is 18.1 Å². The van der Waals surface area contributed by atoms with Gasteiger partial charge in [0.1, 0.15) is 10.7 Å². The molecule has 0 spiro atoms. The number of amides is 3. The number of nitrogens with zero attached hydrogens (tertiary/aromatic N) is 2. The van der Waals surface area contributed by atoms with Gasteiger partial charge in [-0.05, 0) is 36.8 Å². The number of aromatic nitrogens is 1. The average molecular weight is 410 g/mol. The van der Waals surface area contributed by atoms with Gasteiger partial charge in [0.25, 0.3) is 5.91 Å². The van der Waals surface area contributed by atoms with Crippen molar-refractivity contribution in [2.24, 2.45) is 0 Å². The first-order valence-electron chi connectivity index (χ1n) is 9.04. The Morgan fingerprint density at radius 3 is 2.79 bits per heavy atom. The summed E-state index contributed by atoms with van der Waals surface area (Å²) in [4.78, 5) is 31.4. The summed E-state index contributed by atoms with van der Waals surface area (Å²) in [6.45, 7) is 1.84. The van der Waals surface area contributed by atoms with Crippen molar-refractivity contribution in [3.63, 3.8) is 0 Å². The van der Waals surface area contributed by atoms with E-state index in [0.29, 0.717) is 22.6 Å². The predicted octanol–water partition coefficient (Wildman–Crippen LogP) is 3.58. The highest BCUT2D eigenvalue weighted by Gasteiger charge is 2.49. The molecule has 1 saturated heterocycles. The Hall–Kier alpha value is -3.32. The zero-order valence-corrected chi connectivity index (χ0v) is 16.2. The fraction of sp³-hybridized carbons (Fsp3) is 0.190. The highest BCUT2D eigenvalue weighted by molar-refractivity contribution is 6.30.